The molecule has 2 aliphatic heterocycles. The van der Waals surface area contributed by atoms with Crippen LogP contribution in [0.2, 0.25) is 0 Å². The Morgan fingerprint density at radius 1 is 1.08 bits per heavy atom. The van der Waals surface area contributed by atoms with Gasteiger partial charge in [-0.3, -0.25) is 4.79 Å². The third-order valence-electron chi connectivity index (χ3n) is 5.23. The first-order chi connectivity index (χ1) is 12.3. The lowest BCUT2D eigenvalue weighted by Crippen LogP contribution is -2.34. The van der Waals surface area contributed by atoms with Crippen molar-refractivity contribution in [3.8, 4) is 11.4 Å². The van der Waals surface area contributed by atoms with Crippen LogP contribution >= 0.6 is 12.4 Å². The zero-order valence-electron chi connectivity index (χ0n) is 14.9. The van der Waals surface area contributed by atoms with Gasteiger partial charge in [-0.15, -0.1) is 22.6 Å². The number of aryl methyl sites for hydroxylation is 1. The minimum Gasteiger partial charge on any atom is -0.326 e. The van der Waals surface area contributed by atoms with Crippen LogP contribution in [0.3, 0.4) is 0 Å². The lowest BCUT2D eigenvalue weighted by molar-refractivity contribution is -0.120. The highest BCUT2D eigenvalue weighted by atomic mass is 35.5. The molecule has 0 radical (unpaired) electrons. The number of hydrogen-bond donors (Lipinski definition) is 2. The van der Waals surface area contributed by atoms with E-state index in [4.69, 9.17) is 0 Å². The lowest BCUT2D eigenvalue weighted by atomic mass is 9.97. The van der Waals surface area contributed by atoms with E-state index in [1.165, 1.54) is 19.3 Å². The summed E-state index contributed by atoms with van der Waals surface area (Å²) in [6, 6.07) is 7.99. The molecular weight excluding hydrogens is 350 g/mol. The lowest BCUT2D eigenvalue weighted by Gasteiger charge is -2.21. The van der Waals surface area contributed by atoms with Crippen LogP contribution in [0.1, 0.15) is 37.9 Å². The molecule has 0 saturated carbocycles. The number of carbonyl (C=O) groups excluding carboxylic acids is 1. The summed E-state index contributed by atoms with van der Waals surface area (Å²) in [5.41, 5.74) is 1.91. The number of piperidine rings is 1. The number of aromatic nitrogens is 3. The maximum Gasteiger partial charge on any atom is 0.227 e. The second-order valence-corrected chi connectivity index (χ2v) is 6.99. The van der Waals surface area contributed by atoms with Crippen molar-refractivity contribution in [1.29, 1.82) is 0 Å². The fraction of sp³-hybridized carbons (Fsp3) is 0.526. The predicted octanol–water partition coefficient (Wildman–Crippen LogP) is 3.03. The number of anilines is 1. The molecule has 6 nitrogen and oxygen atoms in total. The number of rotatable bonds is 3. The van der Waals surface area contributed by atoms with Crippen LogP contribution in [-0.4, -0.2) is 33.8 Å². The molecule has 1 aromatic carbocycles. The molecule has 0 aliphatic carbocycles. The van der Waals surface area contributed by atoms with Crippen LogP contribution in [0.5, 0.6) is 0 Å². The molecule has 2 aliphatic rings. The average molecular weight is 376 g/mol. The van der Waals surface area contributed by atoms with Gasteiger partial charge in [0.25, 0.3) is 0 Å². The Morgan fingerprint density at radius 3 is 2.62 bits per heavy atom. The molecule has 0 spiro atoms. The van der Waals surface area contributed by atoms with Gasteiger partial charge in [0, 0.05) is 30.1 Å². The van der Waals surface area contributed by atoms with Gasteiger partial charge in [0.05, 0.1) is 0 Å². The molecule has 1 aromatic heterocycles. The zero-order chi connectivity index (χ0) is 17.1. The number of nitrogens with zero attached hydrogens (tertiary/aromatic N) is 3. The second-order valence-electron chi connectivity index (χ2n) is 6.99. The van der Waals surface area contributed by atoms with E-state index in [1.54, 1.807) is 0 Å². The Kier molecular flexibility index (Phi) is 6.27. The number of benzene rings is 1. The van der Waals surface area contributed by atoms with Gasteiger partial charge in [-0.25, -0.2) is 0 Å². The maximum atomic E-state index is 12.3. The van der Waals surface area contributed by atoms with E-state index in [-0.39, 0.29) is 24.2 Å². The quantitative estimate of drug-likeness (QED) is 0.864. The van der Waals surface area contributed by atoms with Gasteiger partial charge in [-0.05, 0) is 63.0 Å². The molecule has 1 fully saturated rings. The molecule has 7 heteroatoms. The monoisotopic (exact) mass is 375 g/mol. The Bertz CT molecular complexity index is 737. The molecule has 0 unspecified atom stereocenters. The van der Waals surface area contributed by atoms with E-state index < -0.39 is 0 Å². The molecular formula is C19H26ClN5O. The number of amides is 1. The van der Waals surface area contributed by atoms with Crippen molar-refractivity contribution in [1.82, 2.24) is 20.1 Å². The maximum absolute atomic E-state index is 12.3. The van der Waals surface area contributed by atoms with Crippen molar-refractivity contribution in [2.45, 2.75) is 45.1 Å². The molecule has 1 amide bonds. The summed E-state index contributed by atoms with van der Waals surface area (Å²) in [5, 5.41) is 15.1. The van der Waals surface area contributed by atoms with Crippen molar-refractivity contribution in [2.75, 3.05) is 18.4 Å². The standard InChI is InChI=1S/C19H25N5O.ClH/c25-19(15-9-11-20-12-10-15)21-16-7-5-14(6-8-16)18-23-22-17-4-2-1-3-13-24(17)18;/h5-8,15,20H,1-4,9-13H2,(H,21,25);1H. The van der Waals surface area contributed by atoms with Crippen LogP contribution in [0, 0.1) is 5.92 Å². The van der Waals surface area contributed by atoms with Gasteiger partial charge in [0.2, 0.25) is 5.91 Å². The number of carbonyl (C=O) groups is 1. The fourth-order valence-corrected chi connectivity index (χ4v) is 3.73. The van der Waals surface area contributed by atoms with Gasteiger partial charge in [0.15, 0.2) is 5.82 Å². The Balaban J connectivity index is 0.00000196. The molecule has 1 saturated heterocycles. The molecule has 140 valence electrons. The highest BCUT2D eigenvalue weighted by Crippen LogP contribution is 2.24. The largest absolute Gasteiger partial charge is 0.326 e. The van der Waals surface area contributed by atoms with Crippen LogP contribution in [0.15, 0.2) is 24.3 Å². The molecule has 0 bridgehead atoms. The van der Waals surface area contributed by atoms with Crippen molar-refractivity contribution in [2.24, 2.45) is 5.92 Å². The normalized spacial score (nSPS) is 17.7. The molecule has 2 N–H and O–H groups in total. The highest BCUT2D eigenvalue weighted by molar-refractivity contribution is 5.92. The molecule has 4 rings (SSSR count). The Labute approximate surface area is 160 Å². The molecule has 0 atom stereocenters. The van der Waals surface area contributed by atoms with Gasteiger partial charge < -0.3 is 15.2 Å². The topological polar surface area (TPSA) is 71.8 Å². The smallest absolute Gasteiger partial charge is 0.227 e. The summed E-state index contributed by atoms with van der Waals surface area (Å²) in [4.78, 5) is 12.3. The molecule has 2 aromatic rings. The Morgan fingerprint density at radius 2 is 1.85 bits per heavy atom. The van der Waals surface area contributed by atoms with E-state index in [0.717, 1.165) is 61.8 Å². The third kappa shape index (κ3) is 4.07. The van der Waals surface area contributed by atoms with Gasteiger partial charge in [0.1, 0.15) is 5.82 Å². The first-order valence-electron chi connectivity index (χ1n) is 9.35. The van der Waals surface area contributed by atoms with Gasteiger partial charge >= 0.3 is 0 Å². The van der Waals surface area contributed by atoms with Crippen LogP contribution in [0.25, 0.3) is 11.4 Å². The molecule has 3 heterocycles. The van der Waals surface area contributed by atoms with Crippen molar-refractivity contribution >= 4 is 24.0 Å². The minimum atomic E-state index is 0. The predicted molar refractivity (Wildman–Crippen MR) is 104 cm³/mol. The molecule has 26 heavy (non-hydrogen) atoms. The average Bonchev–Trinajstić information content (AvgIpc) is 2.91. The highest BCUT2D eigenvalue weighted by Gasteiger charge is 2.21. The summed E-state index contributed by atoms with van der Waals surface area (Å²) in [6.45, 7) is 2.84. The summed E-state index contributed by atoms with van der Waals surface area (Å²) in [6.07, 6.45) is 6.47. The van der Waals surface area contributed by atoms with E-state index in [1.807, 2.05) is 24.3 Å². The van der Waals surface area contributed by atoms with Crippen molar-refractivity contribution in [3.63, 3.8) is 0 Å². The summed E-state index contributed by atoms with van der Waals surface area (Å²) < 4.78 is 2.25. The van der Waals surface area contributed by atoms with E-state index >= 15 is 0 Å². The van der Waals surface area contributed by atoms with Crippen LogP contribution < -0.4 is 10.6 Å². The first-order valence-corrected chi connectivity index (χ1v) is 9.35. The van der Waals surface area contributed by atoms with Crippen molar-refractivity contribution < 1.29 is 4.79 Å². The summed E-state index contributed by atoms with van der Waals surface area (Å²) in [5.74, 6) is 2.28. The van der Waals surface area contributed by atoms with Gasteiger partial charge in [-0.1, -0.05) is 6.42 Å². The fourth-order valence-electron chi connectivity index (χ4n) is 3.73. The van der Waals surface area contributed by atoms with E-state index in [0.29, 0.717) is 0 Å². The SMILES string of the molecule is Cl.O=C(Nc1ccc(-c2nnc3n2CCCCC3)cc1)C1CCNCC1. The third-order valence-corrected chi connectivity index (χ3v) is 5.23. The van der Waals surface area contributed by atoms with Crippen molar-refractivity contribution in [3.05, 3.63) is 30.1 Å². The summed E-state index contributed by atoms with van der Waals surface area (Å²) >= 11 is 0. The van der Waals surface area contributed by atoms with E-state index in [9.17, 15) is 4.79 Å². The number of nitrogens with one attached hydrogen (secondary N) is 2. The number of fused-ring (bicyclic) bond motifs is 1. The van der Waals surface area contributed by atoms with Crippen LogP contribution in [0.4, 0.5) is 5.69 Å². The number of hydrogen-bond acceptors (Lipinski definition) is 4. The van der Waals surface area contributed by atoms with Crippen LogP contribution in [-0.2, 0) is 17.8 Å². The van der Waals surface area contributed by atoms with E-state index in [2.05, 4.69) is 25.4 Å². The minimum absolute atomic E-state index is 0. The first kappa shape index (κ1) is 18.9. The number of halogens is 1. The zero-order valence-corrected chi connectivity index (χ0v) is 15.7. The Hall–Kier alpha value is -1.92. The van der Waals surface area contributed by atoms with Gasteiger partial charge in [-0.2, -0.15) is 0 Å². The second kappa shape index (κ2) is 8.64. The summed E-state index contributed by atoms with van der Waals surface area (Å²) in [7, 11) is 0.